The highest BCUT2D eigenvalue weighted by molar-refractivity contribution is 6.32. The molecule has 0 aliphatic carbocycles. The number of pyridine rings is 1. The van der Waals surface area contributed by atoms with Gasteiger partial charge >= 0.3 is 5.69 Å². The summed E-state index contributed by atoms with van der Waals surface area (Å²) in [6.07, 6.45) is 2.69. The SMILES string of the molecule is CCOC1CN(c2cc(Oc3ccc(-n4ncn(Cc5c(F)cccc5F)c4=O)cc3F)c(Cl)cn2)C1. The Labute approximate surface area is 214 Å². The van der Waals surface area contributed by atoms with E-state index in [0.717, 1.165) is 33.8 Å². The summed E-state index contributed by atoms with van der Waals surface area (Å²) in [6.45, 7) is 3.55. The van der Waals surface area contributed by atoms with Crippen LogP contribution in [0.3, 0.4) is 0 Å². The first-order valence-corrected chi connectivity index (χ1v) is 11.8. The largest absolute Gasteiger partial charge is 0.453 e. The molecule has 1 aliphatic heterocycles. The Bertz CT molecular complexity index is 1480. The lowest BCUT2D eigenvalue weighted by molar-refractivity contribution is 0.0427. The Balaban J connectivity index is 1.34. The maximum absolute atomic E-state index is 15.0. The summed E-state index contributed by atoms with van der Waals surface area (Å²) < 4.78 is 56.1. The lowest BCUT2D eigenvalue weighted by Crippen LogP contribution is -2.52. The fraction of sp³-hybridized carbons (Fsp3) is 0.240. The average Bonchev–Trinajstić information content (AvgIpc) is 3.21. The Hall–Kier alpha value is -3.83. The first-order chi connectivity index (χ1) is 17.8. The van der Waals surface area contributed by atoms with Gasteiger partial charge in [0, 0.05) is 37.4 Å². The minimum absolute atomic E-state index is 0.103. The molecule has 12 heteroatoms. The van der Waals surface area contributed by atoms with Gasteiger partial charge in [-0.1, -0.05) is 17.7 Å². The Kier molecular flexibility index (Phi) is 6.90. The maximum Gasteiger partial charge on any atom is 0.350 e. The highest BCUT2D eigenvalue weighted by atomic mass is 35.5. The third-order valence-corrected chi connectivity index (χ3v) is 6.17. The van der Waals surface area contributed by atoms with Crippen LogP contribution in [-0.4, -0.2) is 45.1 Å². The van der Waals surface area contributed by atoms with E-state index < -0.39 is 23.1 Å². The van der Waals surface area contributed by atoms with Gasteiger partial charge in [-0.3, -0.25) is 4.57 Å². The van der Waals surface area contributed by atoms with Gasteiger partial charge in [-0.25, -0.2) is 22.9 Å². The van der Waals surface area contributed by atoms with E-state index in [1.807, 2.05) is 11.8 Å². The van der Waals surface area contributed by atoms with Crippen LogP contribution in [0.1, 0.15) is 12.5 Å². The van der Waals surface area contributed by atoms with Gasteiger partial charge < -0.3 is 14.4 Å². The molecule has 2 aromatic carbocycles. The maximum atomic E-state index is 15.0. The van der Waals surface area contributed by atoms with Crippen LogP contribution < -0.4 is 15.3 Å². The van der Waals surface area contributed by atoms with Gasteiger partial charge in [0.2, 0.25) is 0 Å². The zero-order valence-corrected chi connectivity index (χ0v) is 20.3. The van der Waals surface area contributed by atoms with Crippen molar-refractivity contribution < 1.29 is 22.6 Å². The molecule has 0 unspecified atom stereocenters. The van der Waals surface area contributed by atoms with Crippen LogP contribution in [0.4, 0.5) is 19.0 Å². The van der Waals surface area contributed by atoms with Crippen molar-refractivity contribution in [3.05, 3.63) is 93.5 Å². The summed E-state index contributed by atoms with van der Waals surface area (Å²) in [5.74, 6) is -1.63. The smallest absolute Gasteiger partial charge is 0.350 e. The summed E-state index contributed by atoms with van der Waals surface area (Å²) in [5, 5.41) is 4.14. The number of benzene rings is 2. The number of ether oxygens (including phenoxy) is 2. The number of hydrogen-bond donors (Lipinski definition) is 0. The summed E-state index contributed by atoms with van der Waals surface area (Å²) in [7, 11) is 0. The molecule has 0 atom stereocenters. The van der Waals surface area contributed by atoms with Crippen molar-refractivity contribution in [1.29, 1.82) is 0 Å². The van der Waals surface area contributed by atoms with Gasteiger partial charge in [0.1, 0.15) is 28.8 Å². The van der Waals surface area contributed by atoms with Gasteiger partial charge in [-0.15, -0.1) is 0 Å². The fourth-order valence-electron chi connectivity index (χ4n) is 3.92. The first kappa shape index (κ1) is 24.8. The van der Waals surface area contributed by atoms with Gasteiger partial charge in [-0.05, 0) is 31.2 Å². The zero-order valence-electron chi connectivity index (χ0n) is 19.6. The predicted octanol–water partition coefficient (Wildman–Crippen LogP) is 4.57. The van der Waals surface area contributed by atoms with E-state index in [9.17, 15) is 18.0 Å². The molecular formula is C25H21ClF3N5O3. The van der Waals surface area contributed by atoms with Crippen LogP contribution in [0.15, 0.2) is 59.8 Å². The van der Waals surface area contributed by atoms with E-state index >= 15 is 0 Å². The lowest BCUT2D eigenvalue weighted by atomic mass is 10.1. The predicted molar refractivity (Wildman–Crippen MR) is 130 cm³/mol. The second-order valence-electron chi connectivity index (χ2n) is 8.33. The molecule has 4 aromatic rings. The Morgan fingerprint density at radius 2 is 1.81 bits per heavy atom. The highest BCUT2D eigenvalue weighted by Crippen LogP contribution is 2.34. The van der Waals surface area contributed by atoms with Crippen LogP contribution in [0.2, 0.25) is 5.02 Å². The van der Waals surface area contributed by atoms with Crippen molar-refractivity contribution >= 4 is 17.4 Å². The molecule has 0 spiro atoms. The molecule has 3 heterocycles. The van der Waals surface area contributed by atoms with Crippen LogP contribution >= 0.6 is 11.6 Å². The molecule has 1 fully saturated rings. The second-order valence-corrected chi connectivity index (χ2v) is 8.73. The minimum atomic E-state index is -0.784. The first-order valence-electron chi connectivity index (χ1n) is 11.4. The Morgan fingerprint density at radius 3 is 2.51 bits per heavy atom. The number of rotatable bonds is 8. The number of hydrogen-bond acceptors (Lipinski definition) is 6. The van der Waals surface area contributed by atoms with E-state index in [0.29, 0.717) is 25.5 Å². The van der Waals surface area contributed by atoms with E-state index in [1.54, 1.807) is 6.07 Å². The van der Waals surface area contributed by atoms with Crippen molar-refractivity contribution in [3.8, 4) is 17.2 Å². The number of anilines is 1. The van der Waals surface area contributed by atoms with Crippen molar-refractivity contribution in [2.45, 2.75) is 19.6 Å². The molecule has 0 amide bonds. The van der Waals surface area contributed by atoms with Crippen LogP contribution in [-0.2, 0) is 11.3 Å². The molecule has 5 rings (SSSR count). The highest BCUT2D eigenvalue weighted by Gasteiger charge is 2.28. The van der Waals surface area contributed by atoms with E-state index in [-0.39, 0.29) is 40.4 Å². The van der Waals surface area contributed by atoms with Gasteiger partial charge in [0.25, 0.3) is 0 Å². The van der Waals surface area contributed by atoms with E-state index in [4.69, 9.17) is 21.1 Å². The molecule has 37 heavy (non-hydrogen) atoms. The van der Waals surface area contributed by atoms with Gasteiger partial charge in [0.05, 0.1) is 24.5 Å². The second kappa shape index (κ2) is 10.3. The summed E-state index contributed by atoms with van der Waals surface area (Å²) in [6, 6.07) is 8.87. The number of nitrogens with zero attached hydrogens (tertiary/aromatic N) is 5. The third-order valence-electron chi connectivity index (χ3n) is 5.88. The van der Waals surface area contributed by atoms with Crippen LogP contribution in [0.25, 0.3) is 5.69 Å². The third kappa shape index (κ3) is 5.05. The molecule has 1 aliphatic rings. The molecule has 2 aromatic heterocycles. The molecule has 0 saturated carbocycles. The average molecular weight is 532 g/mol. The standard InChI is InChI=1S/C25H21ClF3N5O3/c1-2-36-16-11-32(12-16)24-9-23(18(26)10-30-24)37-22-7-6-15(8-21(22)29)34-25(35)33(14-31-34)13-17-19(27)4-3-5-20(17)28/h3-10,14,16H,2,11-13H2,1H3. The van der Waals surface area contributed by atoms with E-state index in [1.165, 1.54) is 24.4 Å². The van der Waals surface area contributed by atoms with Crippen LogP contribution in [0, 0.1) is 17.5 Å². The van der Waals surface area contributed by atoms with Crippen LogP contribution in [0.5, 0.6) is 11.5 Å². The zero-order chi connectivity index (χ0) is 26.1. The molecular weight excluding hydrogens is 511 g/mol. The van der Waals surface area contributed by atoms with Crippen molar-refractivity contribution in [2.75, 3.05) is 24.6 Å². The quantitative estimate of drug-likeness (QED) is 0.332. The van der Waals surface area contributed by atoms with Crippen molar-refractivity contribution in [2.24, 2.45) is 0 Å². The van der Waals surface area contributed by atoms with Crippen molar-refractivity contribution in [3.63, 3.8) is 0 Å². The number of aromatic nitrogens is 4. The molecule has 0 bridgehead atoms. The molecule has 1 saturated heterocycles. The Morgan fingerprint density at radius 1 is 1.05 bits per heavy atom. The summed E-state index contributed by atoms with van der Waals surface area (Å²) in [5.41, 5.74) is -0.872. The fourth-order valence-corrected chi connectivity index (χ4v) is 4.07. The van der Waals surface area contributed by atoms with Crippen molar-refractivity contribution in [1.82, 2.24) is 19.3 Å². The van der Waals surface area contributed by atoms with Gasteiger partial charge in [0.15, 0.2) is 17.3 Å². The molecule has 192 valence electrons. The number of halogens is 4. The minimum Gasteiger partial charge on any atom is -0.453 e. The lowest BCUT2D eigenvalue weighted by Gasteiger charge is -2.39. The summed E-state index contributed by atoms with van der Waals surface area (Å²) in [4.78, 5) is 19.0. The van der Waals surface area contributed by atoms with Gasteiger partial charge in [-0.2, -0.15) is 9.78 Å². The summed E-state index contributed by atoms with van der Waals surface area (Å²) >= 11 is 6.22. The molecule has 0 N–H and O–H groups in total. The monoisotopic (exact) mass is 531 g/mol. The topological polar surface area (TPSA) is 74.4 Å². The molecule has 0 radical (unpaired) electrons. The van der Waals surface area contributed by atoms with E-state index in [2.05, 4.69) is 10.1 Å². The normalized spacial score (nSPS) is 13.6. The molecule has 8 nitrogen and oxygen atoms in total.